The van der Waals surface area contributed by atoms with E-state index in [9.17, 15) is 4.79 Å². The van der Waals surface area contributed by atoms with Crippen LogP contribution in [0, 0.1) is 6.92 Å². The van der Waals surface area contributed by atoms with Gasteiger partial charge in [-0.1, -0.05) is 42.5 Å². The summed E-state index contributed by atoms with van der Waals surface area (Å²) in [5.41, 5.74) is 9.36. The molecule has 0 spiro atoms. The summed E-state index contributed by atoms with van der Waals surface area (Å²) in [7, 11) is 0. The maximum Gasteiger partial charge on any atom is 0.228 e. The van der Waals surface area contributed by atoms with Crippen molar-refractivity contribution in [3.63, 3.8) is 0 Å². The van der Waals surface area contributed by atoms with E-state index in [1.165, 1.54) is 27.8 Å². The molecule has 108 valence electrons. The van der Waals surface area contributed by atoms with Crippen LogP contribution in [0.15, 0.2) is 43.0 Å². The van der Waals surface area contributed by atoms with Crippen LogP contribution in [-0.4, -0.2) is 5.91 Å². The van der Waals surface area contributed by atoms with Gasteiger partial charge in [0.05, 0.1) is 6.42 Å². The molecule has 2 aromatic carbocycles. The Kier molecular flexibility index (Phi) is 2.80. The van der Waals surface area contributed by atoms with Crippen molar-refractivity contribution in [2.24, 2.45) is 0 Å². The highest BCUT2D eigenvalue weighted by Crippen LogP contribution is 2.44. The van der Waals surface area contributed by atoms with Gasteiger partial charge in [-0.15, -0.1) is 0 Å². The third kappa shape index (κ3) is 1.92. The molecule has 2 nitrogen and oxygen atoms in total. The highest BCUT2D eigenvalue weighted by Gasteiger charge is 2.28. The van der Waals surface area contributed by atoms with Gasteiger partial charge in [0.1, 0.15) is 0 Å². The van der Waals surface area contributed by atoms with Crippen molar-refractivity contribution in [1.29, 1.82) is 0 Å². The lowest BCUT2D eigenvalue weighted by atomic mass is 9.96. The monoisotopic (exact) mass is 287 g/mol. The minimum atomic E-state index is 0.0620. The molecular formula is C20H17NO. The Labute approximate surface area is 130 Å². The van der Waals surface area contributed by atoms with Gasteiger partial charge in [0.2, 0.25) is 5.91 Å². The summed E-state index contributed by atoms with van der Waals surface area (Å²) in [6.45, 7) is 5.95. The molecule has 0 radical (unpaired) electrons. The fourth-order valence-corrected chi connectivity index (χ4v) is 3.45. The average molecular weight is 287 g/mol. The molecule has 4 rings (SSSR count). The van der Waals surface area contributed by atoms with Crippen LogP contribution < -0.4 is 5.32 Å². The molecule has 0 fully saturated rings. The summed E-state index contributed by atoms with van der Waals surface area (Å²) >= 11 is 0. The quantitative estimate of drug-likeness (QED) is 0.825. The maximum absolute atomic E-state index is 12.3. The predicted molar refractivity (Wildman–Crippen MR) is 91.5 cm³/mol. The Bertz CT molecular complexity index is 858. The highest BCUT2D eigenvalue weighted by molar-refractivity contribution is 6.12. The summed E-state index contributed by atoms with van der Waals surface area (Å²) in [5, 5.41) is 3.03. The standard InChI is InChI=1S/C20H17NO/c1-3-13-5-7-19-18(9-13)16-10-14-6-4-12(2)8-15(14)17(16)11-20(22)21-19/h3-9H,1,10-11H2,2H3,(H,21,22). The molecule has 0 atom stereocenters. The molecule has 0 saturated carbocycles. The Morgan fingerprint density at radius 3 is 2.68 bits per heavy atom. The fourth-order valence-electron chi connectivity index (χ4n) is 3.45. The molecule has 2 aromatic rings. The van der Waals surface area contributed by atoms with Crippen LogP contribution in [0.2, 0.25) is 0 Å². The molecule has 0 unspecified atom stereocenters. The lowest BCUT2D eigenvalue weighted by Crippen LogP contribution is -2.11. The molecule has 0 aromatic heterocycles. The Morgan fingerprint density at radius 1 is 1.05 bits per heavy atom. The van der Waals surface area contributed by atoms with Crippen LogP contribution in [0.5, 0.6) is 0 Å². The number of hydrogen-bond acceptors (Lipinski definition) is 1. The number of fused-ring (bicyclic) bond motifs is 4. The van der Waals surface area contributed by atoms with Gasteiger partial charge >= 0.3 is 0 Å². The lowest BCUT2D eigenvalue weighted by Gasteiger charge is -2.10. The fraction of sp³-hybridized carbons (Fsp3) is 0.150. The van der Waals surface area contributed by atoms with Gasteiger partial charge < -0.3 is 5.32 Å². The van der Waals surface area contributed by atoms with E-state index in [1.807, 2.05) is 18.2 Å². The van der Waals surface area contributed by atoms with E-state index >= 15 is 0 Å². The normalized spacial score (nSPS) is 15.6. The summed E-state index contributed by atoms with van der Waals surface area (Å²) in [5.74, 6) is 0.0620. The third-order valence-corrected chi connectivity index (χ3v) is 4.54. The molecule has 1 aliphatic heterocycles. The van der Waals surface area contributed by atoms with Gasteiger partial charge in [0.25, 0.3) is 0 Å². The number of amides is 1. The molecular weight excluding hydrogens is 270 g/mol. The highest BCUT2D eigenvalue weighted by atomic mass is 16.1. The third-order valence-electron chi connectivity index (χ3n) is 4.54. The zero-order valence-corrected chi connectivity index (χ0v) is 12.6. The summed E-state index contributed by atoms with van der Waals surface area (Å²) in [6, 6.07) is 12.6. The van der Waals surface area contributed by atoms with Crippen LogP contribution in [-0.2, 0) is 11.2 Å². The van der Waals surface area contributed by atoms with Crippen LogP contribution in [0.1, 0.15) is 34.2 Å². The summed E-state index contributed by atoms with van der Waals surface area (Å²) in [4.78, 5) is 12.3. The maximum atomic E-state index is 12.3. The minimum absolute atomic E-state index is 0.0620. The number of benzene rings is 2. The van der Waals surface area contributed by atoms with E-state index in [0.717, 1.165) is 23.2 Å². The van der Waals surface area contributed by atoms with Crippen molar-refractivity contribution in [3.05, 3.63) is 70.8 Å². The SMILES string of the molecule is C=Cc1ccc2c(c1)C1=C(CC(=O)N2)c2cc(C)ccc2C1. The van der Waals surface area contributed by atoms with E-state index in [0.29, 0.717) is 6.42 Å². The first-order valence-corrected chi connectivity index (χ1v) is 7.54. The summed E-state index contributed by atoms with van der Waals surface area (Å²) in [6.07, 6.45) is 3.19. The number of aryl methyl sites for hydroxylation is 1. The molecule has 2 heteroatoms. The van der Waals surface area contributed by atoms with Crippen molar-refractivity contribution >= 4 is 28.8 Å². The van der Waals surface area contributed by atoms with Gasteiger partial charge in [-0.3, -0.25) is 4.79 Å². The minimum Gasteiger partial charge on any atom is -0.325 e. The number of allylic oxidation sites excluding steroid dienone is 1. The van der Waals surface area contributed by atoms with Gasteiger partial charge in [0, 0.05) is 11.3 Å². The van der Waals surface area contributed by atoms with Crippen molar-refractivity contribution in [3.8, 4) is 0 Å². The van der Waals surface area contributed by atoms with Crippen LogP contribution in [0.4, 0.5) is 5.69 Å². The molecule has 1 amide bonds. The average Bonchev–Trinajstić information content (AvgIpc) is 2.78. The number of rotatable bonds is 1. The molecule has 1 heterocycles. The number of hydrogen-bond donors (Lipinski definition) is 1. The first-order chi connectivity index (χ1) is 10.7. The Hall–Kier alpha value is -2.61. The largest absolute Gasteiger partial charge is 0.325 e. The molecule has 1 aliphatic carbocycles. The predicted octanol–water partition coefficient (Wildman–Crippen LogP) is 4.45. The molecule has 1 N–H and O–H groups in total. The number of anilines is 1. The second-order valence-corrected chi connectivity index (χ2v) is 6.03. The smallest absolute Gasteiger partial charge is 0.228 e. The number of carbonyl (C=O) groups excluding carboxylic acids is 1. The second-order valence-electron chi connectivity index (χ2n) is 6.03. The van der Waals surface area contributed by atoms with Gasteiger partial charge in [-0.05, 0) is 53.3 Å². The van der Waals surface area contributed by atoms with E-state index in [1.54, 1.807) is 0 Å². The zero-order valence-electron chi connectivity index (χ0n) is 12.6. The van der Waals surface area contributed by atoms with Crippen molar-refractivity contribution in [2.75, 3.05) is 5.32 Å². The van der Waals surface area contributed by atoms with Gasteiger partial charge in [0.15, 0.2) is 0 Å². The first kappa shape index (κ1) is 13.1. The van der Waals surface area contributed by atoms with Crippen molar-refractivity contribution in [1.82, 2.24) is 0 Å². The van der Waals surface area contributed by atoms with Crippen LogP contribution >= 0.6 is 0 Å². The molecule has 0 saturated heterocycles. The van der Waals surface area contributed by atoms with Crippen molar-refractivity contribution in [2.45, 2.75) is 19.8 Å². The molecule has 2 aliphatic rings. The first-order valence-electron chi connectivity index (χ1n) is 7.54. The molecule has 0 bridgehead atoms. The summed E-state index contributed by atoms with van der Waals surface area (Å²) < 4.78 is 0. The second kappa shape index (κ2) is 4.70. The van der Waals surface area contributed by atoms with Crippen LogP contribution in [0.25, 0.3) is 17.2 Å². The lowest BCUT2D eigenvalue weighted by molar-refractivity contribution is -0.115. The topological polar surface area (TPSA) is 29.1 Å². The number of carbonyl (C=O) groups is 1. The van der Waals surface area contributed by atoms with E-state index in [-0.39, 0.29) is 5.91 Å². The number of nitrogens with one attached hydrogen (secondary N) is 1. The van der Waals surface area contributed by atoms with Gasteiger partial charge in [-0.25, -0.2) is 0 Å². The van der Waals surface area contributed by atoms with E-state index in [2.05, 4.69) is 43.1 Å². The van der Waals surface area contributed by atoms with E-state index in [4.69, 9.17) is 0 Å². The van der Waals surface area contributed by atoms with E-state index < -0.39 is 0 Å². The van der Waals surface area contributed by atoms with Crippen LogP contribution in [0.3, 0.4) is 0 Å². The Morgan fingerprint density at radius 2 is 1.86 bits per heavy atom. The zero-order chi connectivity index (χ0) is 15.3. The Balaban J connectivity index is 1.96. The van der Waals surface area contributed by atoms with Crippen molar-refractivity contribution < 1.29 is 4.79 Å². The molecule has 22 heavy (non-hydrogen) atoms. The van der Waals surface area contributed by atoms with Gasteiger partial charge in [-0.2, -0.15) is 0 Å².